The van der Waals surface area contributed by atoms with Crippen molar-refractivity contribution in [3.63, 3.8) is 0 Å². The average molecular weight is 405 g/mol. The SMILES string of the molecule is N#Cc1ccc(C(=O)c2cnc(N[C@H]3OC[C@@](O)(CCO)C(O)C3O)s2)cc1. The molecule has 3 rings (SSSR count). The van der Waals surface area contributed by atoms with Gasteiger partial charge in [0.1, 0.15) is 17.8 Å². The fourth-order valence-electron chi connectivity index (χ4n) is 2.85. The number of hydrogen-bond donors (Lipinski definition) is 5. The van der Waals surface area contributed by atoms with Crippen molar-refractivity contribution in [2.45, 2.75) is 30.5 Å². The van der Waals surface area contributed by atoms with Crippen LogP contribution >= 0.6 is 11.3 Å². The lowest BCUT2D eigenvalue weighted by molar-refractivity contribution is -0.232. The average Bonchev–Trinajstić information content (AvgIpc) is 3.17. The molecule has 2 heterocycles. The lowest BCUT2D eigenvalue weighted by atomic mass is 9.87. The zero-order valence-electron chi connectivity index (χ0n) is 14.6. The highest BCUT2D eigenvalue weighted by Crippen LogP contribution is 2.29. The Morgan fingerprint density at radius 2 is 2.11 bits per heavy atom. The van der Waals surface area contributed by atoms with Crippen LogP contribution in [0.25, 0.3) is 0 Å². The fourth-order valence-corrected chi connectivity index (χ4v) is 3.65. The molecule has 9 nitrogen and oxygen atoms in total. The van der Waals surface area contributed by atoms with Gasteiger partial charge in [-0.1, -0.05) is 11.3 Å². The van der Waals surface area contributed by atoms with E-state index in [9.17, 15) is 20.1 Å². The number of nitriles is 1. The first kappa shape index (κ1) is 20.3. The number of carbonyl (C=O) groups excluding carboxylic acids is 1. The van der Waals surface area contributed by atoms with E-state index < -0.39 is 24.0 Å². The molecule has 0 radical (unpaired) electrons. The van der Waals surface area contributed by atoms with Gasteiger partial charge in [-0.2, -0.15) is 5.26 Å². The first-order valence-electron chi connectivity index (χ1n) is 8.46. The largest absolute Gasteiger partial charge is 0.396 e. The quantitative estimate of drug-likeness (QED) is 0.412. The topological polar surface area (TPSA) is 156 Å². The maximum atomic E-state index is 12.5. The summed E-state index contributed by atoms with van der Waals surface area (Å²) in [6, 6.07) is 8.19. The second-order valence-electron chi connectivity index (χ2n) is 6.44. The van der Waals surface area contributed by atoms with Gasteiger partial charge in [-0.3, -0.25) is 4.79 Å². The minimum Gasteiger partial charge on any atom is -0.396 e. The smallest absolute Gasteiger partial charge is 0.204 e. The number of ketones is 1. The summed E-state index contributed by atoms with van der Waals surface area (Å²) in [7, 11) is 0. The number of aliphatic hydroxyl groups is 4. The molecule has 1 saturated heterocycles. The molecule has 148 valence electrons. The number of hydrogen-bond acceptors (Lipinski definition) is 10. The van der Waals surface area contributed by atoms with Gasteiger partial charge in [-0.05, 0) is 24.3 Å². The van der Waals surface area contributed by atoms with Crippen LogP contribution in [-0.4, -0.2) is 68.4 Å². The minimum atomic E-state index is -1.74. The van der Waals surface area contributed by atoms with Crippen LogP contribution in [0.4, 0.5) is 5.13 Å². The fraction of sp³-hybridized carbons (Fsp3) is 0.389. The summed E-state index contributed by atoms with van der Waals surface area (Å²) in [4.78, 5) is 16.9. The van der Waals surface area contributed by atoms with Gasteiger partial charge in [-0.25, -0.2) is 4.98 Å². The van der Waals surface area contributed by atoms with Gasteiger partial charge in [0.05, 0.1) is 29.3 Å². The monoisotopic (exact) mass is 405 g/mol. The molecule has 1 aliphatic heterocycles. The van der Waals surface area contributed by atoms with Crippen LogP contribution in [0.1, 0.15) is 27.2 Å². The highest BCUT2D eigenvalue weighted by Gasteiger charge is 2.48. The van der Waals surface area contributed by atoms with Gasteiger partial charge in [0, 0.05) is 18.6 Å². The molecule has 0 spiro atoms. The maximum absolute atomic E-state index is 12.5. The molecule has 4 atom stereocenters. The summed E-state index contributed by atoms with van der Waals surface area (Å²) in [5.41, 5.74) is -0.884. The molecule has 0 aliphatic carbocycles. The first-order chi connectivity index (χ1) is 13.4. The normalized spacial score (nSPS) is 27.2. The molecule has 5 N–H and O–H groups in total. The molecule has 1 aromatic heterocycles. The standard InChI is InChI=1S/C18H19N3O6S/c19-7-10-1-3-11(4-2-10)13(23)12-8-20-17(28-12)21-16-14(24)15(25)18(26,5-6-22)9-27-16/h1-4,8,14-16,22,24-26H,5-6,9H2,(H,20,21)/t14?,15?,16-,18-/m0/s1. The van der Waals surface area contributed by atoms with E-state index in [0.717, 1.165) is 11.3 Å². The summed E-state index contributed by atoms with van der Waals surface area (Å²) in [5, 5.41) is 51.5. The van der Waals surface area contributed by atoms with Crippen molar-refractivity contribution in [1.29, 1.82) is 5.26 Å². The van der Waals surface area contributed by atoms with Gasteiger partial charge in [0.2, 0.25) is 5.78 Å². The summed E-state index contributed by atoms with van der Waals surface area (Å²) in [5.74, 6) is -0.266. The van der Waals surface area contributed by atoms with Crippen LogP contribution in [0.2, 0.25) is 0 Å². The summed E-state index contributed by atoms with van der Waals surface area (Å²) in [6.45, 7) is -0.652. The molecule has 1 aromatic carbocycles. The Morgan fingerprint density at radius 1 is 1.39 bits per heavy atom. The van der Waals surface area contributed by atoms with Crippen molar-refractivity contribution in [1.82, 2.24) is 4.98 Å². The lowest BCUT2D eigenvalue weighted by Gasteiger charge is -2.43. The van der Waals surface area contributed by atoms with E-state index >= 15 is 0 Å². The van der Waals surface area contributed by atoms with E-state index in [-0.39, 0.29) is 25.4 Å². The third-order valence-electron chi connectivity index (χ3n) is 4.51. The van der Waals surface area contributed by atoms with E-state index in [1.54, 1.807) is 24.3 Å². The molecule has 0 amide bonds. The third kappa shape index (κ3) is 4.05. The molecular formula is C18H19N3O6S. The molecule has 0 saturated carbocycles. The predicted molar refractivity (Wildman–Crippen MR) is 98.7 cm³/mol. The molecule has 28 heavy (non-hydrogen) atoms. The van der Waals surface area contributed by atoms with Gasteiger partial charge in [-0.15, -0.1) is 0 Å². The highest BCUT2D eigenvalue weighted by molar-refractivity contribution is 7.17. The highest BCUT2D eigenvalue weighted by atomic mass is 32.1. The number of rotatable bonds is 6. The molecular weight excluding hydrogens is 386 g/mol. The van der Waals surface area contributed by atoms with E-state index in [1.807, 2.05) is 6.07 Å². The van der Waals surface area contributed by atoms with E-state index in [2.05, 4.69) is 10.3 Å². The summed E-state index contributed by atoms with van der Waals surface area (Å²) < 4.78 is 5.38. The van der Waals surface area contributed by atoms with E-state index in [0.29, 0.717) is 21.1 Å². The second kappa shape index (κ2) is 8.32. The van der Waals surface area contributed by atoms with Crippen LogP contribution < -0.4 is 5.32 Å². The maximum Gasteiger partial charge on any atom is 0.204 e. The second-order valence-corrected chi connectivity index (χ2v) is 7.47. The number of ether oxygens (including phenoxy) is 1. The van der Waals surface area contributed by atoms with Crippen molar-refractivity contribution in [2.75, 3.05) is 18.5 Å². The van der Waals surface area contributed by atoms with Gasteiger partial charge in [0.25, 0.3) is 0 Å². The first-order valence-corrected chi connectivity index (χ1v) is 9.28. The van der Waals surface area contributed by atoms with Crippen molar-refractivity contribution >= 4 is 22.3 Å². The molecule has 0 bridgehead atoms. The number of aromatic nitrogens is 1. The number of aliphatic hydroxyl groups excluding tert-OH is 3. The third-order valence-corrected chi connectivity index (χ3v) is 5.44. The van der Waals surface area contributed by atoms with Crippen LogP contribution in [0.5, 0.6) is 0 Å². The van der Waals surface area contributed by atoms with Gasteiger partial charge < -0.3 is 30.5 Å². The number of nitrogens with one attached hydrogen (secondary N) is 1. The lowest BCUT2D eigenvalue weighted by Crippen LogP contribution is -2.63. The number of nitrogens with zero attached hydrogens (tertiary/aromatic N) is 2. The zero-order valence-corrected chi connectivity index (χ0v) is 15.5. The Morgan fingerprint density at radius 3 is 2.75 bits per heavy atom. The molecule has 2 aromatic rings. The molecule has 10 heteroatoms. The number of anilines is 1. The summed E-state index contributed by atoms with van der Waals surface area (Å²) in [6.07, 6.45) is -2.80. The number of thiazole rings is 1. The molecule has 2 unspecified atom stereocenters. The Hall–Kier alpha value is -2.39. The molecule has 1 fully saturated rings. The van der Waals surface area contributed by atoms with Crippen molar-refractivity contribution in [3.05, 3.63) is 46.5 Å². The van der Waals surface area contributed by atoms with Gasteiger partial charge >= 0.3 is 0 Å². The minimum absolute atomic E-state index is 0.140. The van der Waals surface area contributed by atoms with E-state index in [1.165, 1.54) is 6.20 Å². The number of carbonyl (C=O) groups is 1. The van der Waals surface area contributed by atoms with Gasteiger partial charge in [0.15, 0.2) is 11.4 Å². The Bertz CT molecular complexity index is 880. The van der Waals surface area contributed by atoms with Crippen molar-refractivity contribution < 1.29 is 30.0 Å². The van der Waals surface area contributed by atoms with E-state index in [4.69, 9.17) is 15.1 Å². The van der Waals surface area contributed by atoms with Crippen molar-refractivity contribution in [2.24, 2.45) is 0 Å². The Kier molecular flexibility index (Phi) is 6.04. The van der Waals surface area contributed by atoms with Crippen LogP contribution in [0.15, 0.2) is 30.5 Å². The van der Waals surface area contributed by atoms with Crippen LogP contribution in [0, 0.1) is 11.3 Å². The molecule has 1 aliphatic rings. The Balaban J connectivity index is 1.67. The number of benzene rings is 1. The Labute approximate surface area is 164 Å². The van der Waals surface area contributed by atoms with Crippen LogP contribution in [-0.2, 0) is 4.74 Å². The van der Waals surface area contributed by atoms with Crippen molar-refractivity contribution in [3.8, 4) is 6.07 Å². The van der Waals surface area contributed by atoms with Crippen LogP contribution in [0.3, 0.4) is 0 Å². The summed E-state index contributed by atoms with van der Waals surface area (Å²) >= 11 is 1.04. The predicted octanol–water partition coefficient (Wildman–Crippen LogP) is -0.151. The zero-order chi connectivity index (χ0) is 20.3.